The number of hydrogen-bond donors (Lipinski definition) is 0. The minimum Gasteiger partial charge on any atom is -0.455 e. The molecule has 1 aliphatic carbocycles. The molecule has 4 heteroatoms. The summed E-state index contributed by atoms with van der Waals surface area (Å²) in [4.78, 5) is 10.4. The third kappa shape index (κ3) is 3.69. The van der Waals surface area contributed by atoms with Gasteiger partial charge in [-0.1, -0.05) is 103 Å². The van der Waals surface area contributed by atoms with E-state index in [1.54, 1.807) is 0 Å². The van der Waals surface area contributed by atoms with Gasteiger partial charge in [0.15, 0.2) is 5.82 Å². The van der Waals surface area contributed by atoms with Crippen molar-refractivity contribution in [2.75, 3.05) is 0 Å². The van der Waals surface area contributed by atoms with Gasteiger partial charge in [-0.05, 0) is 64.7 Å². The highest BCUT2D eigenvalue weighted by atomic mass is 32.1. The summed E-state index contributed by atoms with van der Waals surface area (Å²) >= 11 is 1.83. The van der Waals surface area contributed by atoms with E-state index in [0.717, 1.165) is 55.4 Å². The van der Waals surface area contributed by atoms with E-state index < -0.39 is 0 Å². The Morgan fingerprint density at radius 3 is 2.08 bits per heavy atom. The minimum atomic E-state index is 0.715. The second-order valence-electron chi connectivity index (χ2n) is 12.5. The van der Waals surface area contributed by atoms with Crippen molar-refractivity contribution < 1.29 is 4.42 Å². The predicted octanol–water partition coefficient (Wildman–Crippen LogP) is 12.5. The number of rotatable bonds is 3. The average molecular weight is 629 g/mol. The highest BCUT2D eigenvalue weighted by Crippen LogP contribution is 2.51. The first-order chi connectivity index (χ1) is 23.8. The van der Waals surface area contributed by atoms with Crippen molar-refractivity contribution in [3.8, 4) is 56.2 Å². The summed E-state index contributed by atoms with van der Waals surface area (Å²) in [6.07, 6.45) is 0. The minimum absolute atomic E-state index is 0.715. The first kappa shape index (κ1) is 26.0. The van der Waals surface area contributed by atoms with Gasteiger partial charge in [0.2, 0.25) is 0 Å². The third-order valence-corrected chi connectivity index (χ3v) is 11.0. The van der Waals surface area contributed by atoms with E-state index in [4.69, 9.17) is 14.4 Å². The van der Waals surface area contributed by atoms with Gasteiger partial charge in [-0.2, -0.15) is 0 Å². The molecule has 0 saturated heterocycles. The van der Waals surface area contributed by atoms with Gasteiger partial charge in [0.1, 0.15) is 11.2 Å². The highest BCUT2D eigenvalue weighted by molar-refractivity contribution is 7.25. The van der Waals surface area contributed by atoms with E-state index in [1.165, 1.54) is 47.8 Å². The van der Waals surface area contributed by atoms with Crippen molar-refractivity contribution in [3.63, 3.8) is 0 Å². The molecule has 0 fully saturated rings. The molecule has 7 aromatic carbocycles. The summed E-state index contributed by atoms with van der Waals surface area (Å²) in [5.41, 5.74) is 11.7. The number of para-hydroxylation sites is 1. The molecule has 0 N–H and O–H groups in total. The number of nitrogens with zero attached hydrogens (tertiary/aromatic N) is 2. The molecule has 0 bridgehead atoms. The molecule has 11 rings (SSSR count). The normalized spacial score (nSPS) is 12.2. The fourth-order valence-electron chi connectivity index (χ4n) is 7.60. The van der Waals surface area contributed by atoms with Gasteiger partial charge in [-0.3, -0.25) is 0 Å². The Balaban J connectivity index is 1.11. The van der Waals surface area contributed by atoms with E-state index in [1.807, 2.05) is 23.5 Å². The van der Waals surface area contributed by atoms with Gasteiger partial charge in [0.25, 0.3) is 0 Å². The van der Waals surface area contributed by atoms with Crippen LogP contribution >= 0.6 is 11.3 Å². The van der Waals surface area contributed by atoms with Crippen LogP contribution in [0.5, 0.6) is 0 Å². The molecule has 0 amide bonds. The summed E-state index contributed by atoms with van der Waals surface area (Å²) in [7, 11) is 0. The monoisotopic (exact) mass is 628 g/mol. The fourth-order valence-corrected chi connectivity index (χ4v) is 8.69. The third-order valence-electron chi connectivity index (χ3n) is 9.83. The molecule has 0 spiro atoms. The Bertz CT molecular complexity index is 2950. The first-order valence-electron chi connectivity index (χ1n) is 16.2. The highest BCUT2D eigenvalue weighted by Gasteiger charge is 2.25. The molecule has 3 aromatic heterocycles. The molecule has 0 unspecified atom stereocenters. The number of fused-ring (bicyclic) bond motifs is 10. The van der Waals surface area contributed by atoms with Crippen LogP contribution < -0.4 is 0 Å². The summed E-state index contributed by atoms with van der Waals surface area (Å²) < 4.78 is 9.01. The smallest absolute Gasteiger partial charge is 0.160 e. The lowest BCUT2D eigenvalue weighted by Gasteiger charge is -2.11. The van der Waals surface area contributed by atoms with Crippen molar-refractivity contribution in [2.45, 2.75) is 0 Å². The fraction of sp³-hybridized carbons (Fsp3) is 0. The van der Waals surface area contributed by atoms with Crippen molar-refractivity contribution in [3.05, 3.63) is 146 Å². The molecule has 0 radical (unpaired) electrons. The topological polar surface area (TPSA) is 38.9 Å². The summed E-state index contributed by atoms with van der Waals surface area (Å²) in [5.74, 6) is 0.715. The zero-order chi connectivity index (χ0) is 31.3. The second kappa shape index (κ2) is 9.71. The molecular weight excluding hydrogens is 605 g/mol. The Kier molecular flexibility index (Phi) is 5.26. The van der Waals surface area contributed by atoms with E-state index >= 15 is 0 Å². The Morgan fingerprint density at radius 2 is 1.17 bits per heavy atom. The lowest BCUT2D eigenvalue weighted by Crippen LogP contribution is -1.96. The SMILES string of the molecule is c1ccc(-c2cc(-c3ccc4sc5ccccc5c4c3)nc(-c3ccc4c(c3)-c3cccc5c3c-4cc3c4ccccc4oc53)n2)cc1. The van der Waals surface area contributed by atoms with E-state index in [0.29, 0.717) is 5.82 Å². The Morgan fingerprint density at radius 1 is 0.417 bits per heavy atom. The maximum Gasteiger partial charge on any atom is 0.160 e. The van der Waals surface area contributed by atoms with Gasteiger partial charge < -0.3 is 4.42 Å². The number of benzene rings is 7. The number of hydrogen-bond acceptors (Lipinski definition) is 4. The van der Waals surface area contributed by atoms with Crippen LogP contribution in [-0.4, -0.2) is 9.97 Å². The van der Waals surface area contributed by atoms with Crippen molar-refractivity contribution in [1.82, 2.24) is 9.97 Å². The molecule has 10 aromatic rings. The van der Waals surface area contributed by atoms with Gasteiger partial charge >= 0.3 is 0 Å². The van der Waals surface area contributed by atoms with Crippen LogP contribution in [-0.2, 0) is 0 Å². The van der Waals surface area contributed by atoms with Crippen molar-refractivity contribution >= 4 is 64.2 Å². The molecular formula is C44H24N2OS. The standard InChI is InChI=1S/C44H24N2OS/c1-2-9-25(10-3-1)37-24-38(26-18-20-41-34(21-26)30-12-5-7-16-40(30)48-41)46-44(45-37)27-17-19-28-33(22-27)31-13-8-14-32-42(31)35(28)23-36-29-11-4-6-15-39(29)47-43(32)36/h1-24H. The average Bonchev–Trinajstić information content (AvgIpc) is 3.82. The molecule has 48 heavy (non-hydrogen) atoms. The van der Waals surface area contributed by atoms with Gasteiger partial charge in [0.05, 0.1) is 11.4 Å². The maximum atomic E-state index is 6.43. The van der Waals surface area contributed by atoms with Gasteiger partial charge in [0, 0.05) is 58.4 Å². The quantitative estimate of drug-likeness (QED) is 0.195. The van der Waals surface area contributed by atoms with Crippen LogP contribution in [0, 0.1) is 0 Å². The second-order valence-corrected chi connectivity index (χ2v) is 13.6. The van der Waals surface area contributed by atoms with Crippen LogP contribution in [0.25, 0.3) is 109 Å². The zero-order valence-electron chi connectivity index (χ0n) is 25.6. The first-order valence-corrected chi connectivity index (χ1v) is 17.0. The predicted molar refractivity (Wildman–Crippen MR) is 200 cm³/mol. The van der Waals surface area contributed by atoms with Gasteiger partial charge in [-0.25, -0.2) is 9.97 Å². The maximum absolute atomic E-state index is 6.43. The number of thiophene rings is 1. The Labute approximate surface area is 279 Å². The molecule has 0 saturated carbocycles. The molecule has 3 heterocycles. The number of aromatic nitrogens is 2. The van der Waals surface area contributed by atoms with Crippen molar-refractivity contribution in [2.24, 2.45) is 0 Å². The molecule has 0 aliphatic heterocycles. The summed E-state index contributed by atoms with van der Waals surface area (Å²) in [6.45, 7) is 0. The van der Waals surface area contributed by atoms with E-state index in [-0.39, 0.29) is 0 Å². The van der Waals surface area contributed by atoms with E-state index in [2.05, 4.69) is 133 Å². The molecule has 222 valence electrons. The summed E-state index contributed by atoms with van der Waals surface area (Å²) in [6, 6.07) is 51.7. The van der Waals surface area contributed by atoms with Crippen molar-refractivity contribution in [1.29, 1.82) is 0 Å². The van der Waals surface area contributed by atoms with Crippen LogP contribution in [0.2, 0.25) is 0 Å². The number of furan rings is 1. The summed E-state index contributed by atoms with van der Waals surface area (Å²) in [5, 5.41) is 7.23. The lowest BCUT2D eigenvalue weighted by atomic mass is 9.99. The molecule has 1 aliphatic rings. The zero-order valence-corrected chi connectivity index (χ0v) is 26.4. The molecule has 3 nitrogen and oxygen atoms in total. The van der Waals surface area contributed by atoms with Gasteiger partial charge in [-0.15, -0.1) is 11.3 Å². The largest absolute Gasteiger partial charge is 0.455 e. The Hall–Kier alpha value is -6.10. The van der Waals surface area contributed by atoms with Crippen LogP contribution in [0.1, 0.15) is 0 Å². The molecule has 0 atom stereocenters. The van der Waals surface area contributed by atoms with Crippen LogP contribution in [0.3, 0.4) is 0 Å². The van der Waals surface area contributed by atoms with Crippen LogP contribution in [0.4, 0.5) is 0 Å². The lowest BCUT2D eigenvalue weighted by molar-refractivity contribution is 0.672. The van der Waals surface area contributed by atoms with E-state index in [9.17, 15) is 0 Å². The van der Waals surface area contributed by atoms with Crippen LogP contribution in [0.15, 0.2) is 150 Å².